The highest BCUT2D eigenvalue weighted by Crippen LogP contribution is 2.27. The number of anilines is 2. The lowest BCUT2D eigenvalue weighted by Crippen LogP contribution is -2.37. The van der Waals surface area contributed by atoms with Crippen LogP contribution in [0.1, 0.15) is 12.5 Å². The highest BCUT2D eigenvalue weighted by Gasteiger charge is 2.19. The van der Waals surface area contributed by atoms with Gasteiger partial charge in [0.1, 0.15) is 12.3 Å². The van der Waals surface area contributed by atoms with Gasteiger partial charge in [0.15, 0.2) is 0 Å². The standard InChI is InChI=1S/C21H21N3O3/c1-14-9-10-19(27-3)17(12-14)23-20(26)13-24(15(2)25)18-8-4-6-16-7-5-11-22-21(16)18/h4-12H,13H2,1-3H3,(H,23,26). The fourth-order valence-electron chi connectivity index (χ4n) is 2.92. The molecule has 0 spiro atoms. The van der Waals surface area contributed by atoms with E-state index in [2.05, 4.69) is 10.3 Å². The first-order valence-electron chi connectivity index (χ1n) is 8.56. The van der Waals surface area contributed by atoms with Crippen molar-refractivity contribution < 1.29 is 14.3 Å². The number of ether oxygens (including phenoxy) is 1. The number of aryl methyl sites for hydroxylation is 1. The molecule has 0 aliphatic heterocycles. The molecule has 2 amide bonds. The van der Waals surface area contributed by atoms with Crippen molar-refractivity contribution in [1.29, 1.82) is 0 Å². The maximum Gasteiger partial charge on any atom is 0.244 e. The molecular formula is C21H21N3O3. The Balaban J connectivity index is 1.88. The van der Waals surface area contributed by atoms with E-state index in [0.717, 1.165) is 10.9 Å². The van der Waals surface area contributed by atoms with Crippen molar-refractivity contribution in [2.75, 3.05) is 23.9 Å². The molecule has 0 fully saturated rings. The number of hydrogen-bond donors (Lipinski definition) is 1. The van der Waals surface area contributed by atoms with E-state index in [9.17, 15) is 9.59 Å². The van der Waals surface area contributed by atoms with Crippen LogP contribution in [0.5, 0.6) is 5.75 Å². The summed E-state index contributed by atoms with van der Waals surface area (Å²) in [6, 6.07) is 14.8. The van der Waals surface area contributed by atoms with Gasteiger partial charge in [0.2, 0.25) is 11.8 Å². The fourth-order valence-corrected chi connectivity index (χ4v) is 2.92. The van der Waals surface area contributed by atoms with Crippen LogP contribution in [-0.4, -0.2) is 30.5 Å². The highest BCUT2D eigenvalue weighted by atomic mass is 16.5. The molecule has 3 rings (SSSR count). The zero-order valence-corrected chi connectivity index (χ0v) is 15.5. The maximum absolute atomic E-state index is 12.6. The lowest BCUT2D eigenvalue weighted by atomic mass is 10.1. The minimum atomic E-state index is -0.318. The number of nitrogens with zero attached hydrogens (tertiary/aromatic N) is 2. The number of carbonyl (C=O) groups excluding carboxylic acids is 2. The van der Waals surface area contributed by atoms with Gasteiger partial charge in [0, 0.05) is 18.5 Å². The molecule has 6 heteroatoms. The van der Waals surface area contributed by atoms with Gasteiger partial charge in [0.25, 0.3) is 0 Å². The highest BCUT2D eigenvalue weighted by molar-refractivity contribution is 6.06. The first-order valence-corrected chi connectivity index (χ1v) is 8.56. The van der Waals surface area contributed by atoms with Gasteiger partial charge in [-0.1, -0.05) is 24.3 Å². The topological polar surface area (TPSA) is 71.5 Å². The Morgan fingerprint density at radius 1 is 1.15 bits per heavy atom. The number of aromatic nitrogens is 1. The molecule has 0 saturated heterocycles. The molecular weight excluding hydrogens is 342 g/mol. The minimum absolute atomic E-state index is 0.123. The van der Waals surface area contributed by atoms with Gasteiger partial charge in [-0.05, 0) is 36.8 Å². The molecule has 0 radical (unpaired) electrons. The monoisotopic (exact) mass is 363 g/mol. The molecule has 138 valence electrons. The number of hydrogen-bond acceptors (Lipinski definition) is 4. The summed E-state index contributed by atoms with van der Waals surface area (Å²) in [7, 11) is 1.55. The lowest BCUT2D eigenvalue weighted by molar-refractivity contribution is -0.120. The van der Waals surface area contributed by atoms with Crippen LogP contribution in [0.4, 0.5) is 11.4 Å². The van der Waals surface area contributed by atoms with E-state index in [0.29, 0.717) is 22.6 Å². The van der Waals surface area contributed by atoms with Crippen LogP contribution in [0.3, 0.4) is 0 Å². The van der Waals surface area contributed by atoms with Crippen molar-refractivity contribution in [1.82, 2.24) is 4.98 Å². The van der Waals surface area contributed by atoms with Crippen LogP contribution in [0.2, 0.25) is 0 Å². The summed E-state index contributed by atoms with van der Waals surface area (Å²) in [5.74, 6) is 0.0108. The van der Waals surface area contributed by atoms with E-state index >= 15 is 0 Å². The second kappa shape index (κ2) is 7.86. The third-order valence-corrected chi connectivity index (χ3v) is 4.21. The normalized spacial score (nSPS) is 10.5. The molecule has 0 bridgehead atoms. The van der Waals surface area contributed by atoms with Gasteiger partial charge in [-0.15, -0.1) is 0 Å². The van der Waals surface area contributed by atoms with Crippen molar-refractivity contribution in [3.8, 4) is 5.75 Å². The Kier molecular flexibility index (Phi) is 5.35. The molecule has 3 aromatic rings. The van der Waals surface area contributed by atoms with Gasteiger partial charge < -0.3 is 15.0 Å². The van der Waals surface area contributed by atoms with Crippen molar-refractivity contribution in [2.45, 2.75) is 13.8 Å². The zero-order chi connectivity index (χ0) is 19.4. The smallest absolute Gasteiger partial charge is 0.244 e. The molecule has 0 atom stereocenters. The van der Waals surface area contributed by atoms with E-state index in [1.165, 1.54) is 11.8 Å². The Morgan fingerprint density at radius 3 is 2.67 bits per heavy atom. The van der Waals surface area contributed by atoms with E-state index in [1.807, 2.05) is 43.3 Å². The molecule has 1 N–H and O–H groups in total. The number of rotatable bonds is 5. The first kappa shape index (κ1) is 18.4. The summed E-state index contributed by atoms with van der Waals surface area (Å²) >= 11 is 0. The number of nitrogens with one attached hydrogen (secondary N) is 1. The van der Waals surface area contributed by atoms with Crippen LogP contribution < -0.4 is 15.0 Å². The predicted molar refractivity (Wildman–Crippen MR) is 106 cm³/mol. The van der Waals surface area contributed by atoms with Crippen molar-refractivity contribution in [3.63, 3.8) is 0 Å². The molecule has 0 aliphatic rings. The average Bonchev–Trinajstić information content (AvgIpc) is 2.66. The number of amides is 2. The summed E-state index contributed by atoms with van der Waals surface area (Å²) in [4.78, 5) is 30.7. The zero-order valence-electron chi connectivity index (χ0n) is 15.5. The summed E-state index contributed by atoms with van der Waals surface area (Å²) in [6.45, 7) is 3.24. The average molecular weight is 363 g/mol. The Bertz CT molecular complexity index is 996. The number of para-hydroxylation sites is 1. The minimum Gasteiger partial charge on any atom is -0.495 e. The predicted octanol–water partition coefficient (Wildman–Crippen LogP) is 3.54. The second-order valence-electron chi connectivity index (χ2n) is 6.21. The number of pyridine rings is 1. The molecule has 0 unspecified atom stereocenters. The SMILES string of the molecule is COc1ccc(C)cc1NC(=O)CN(C(C)=O)c1cccc2cccnc12. The number of benzene rings is 2. The van der Waals surface area contributed by atoms with Crippen LogP contribution in [0.25, 0.3) is 10.9 Å². The number of fused-ring (bicyclic) bond motifs is 1. The molecule has 27 heavy (non-hydrogen) atoms. The quantitative estimate of drug-likeness (QED) is 0.753. The number of methoxy groups -OCH3 is 1. The summed E-state index contributed by atoms with van der Waals surface area (Å²) < 4.78 is 5.29. The van der Waals surface area contributed by atoms with Gasteiger partial charge in [-0.2, -0.15) is 0 Å². The molecule has 0 saturated carbocycles. The Morgan fingerprint density at radius 2 is 1.93 bits per heavy atom. The Labute approximate surface area is 157 Å². The summed E-state index contributed by atoms with van der Waals surface area (Å²) in [5.41, 5.74) is 2.85. The van der Waals surface area contributed by atoms with Gasteiger partial charge >= 0.3 is 0 Å². The maximum atomic E-state index is 12.6. The first-order chi connectivity index (χ1) is 13.0. The van der Waals surface area contributed by atoms with E-state index < -0.39 is 0 Å². The fraction of sp³-hybridized carbons (Fsp3) is 0.190. The molecule has 2 aromatic carbocycles. The van der Waals surface area contributed by atoms with E-state index in [1.54, 1.807) is 25.4 Å². The van der Waals surface area contributed by atoms with Gasteiger partial charge in [-0.25, -0.2) is 0 Å². The van der Waals surface area contributed by atoms with E-state index in [-0.39, 0.29) is 18.4 Å². The van der Waals surface area contributed by atoms with Crippen LogP contribution in [0.15, 0.2) is 54.7 Å². The molecule has 6 nitrogen and oxygen atoms in total. The molecule has 1 heterocycles. The van der Waals surface area contributed by atoms with Crippen LogP contribution in [0, 0.1) is 6.92 Å². The largest absolute Gasteiger partial charge is 0.495 e. The van der Waals surface area contributed by atoms with Crippen molar-refractivity contribution in [3.05, 3.63) is 60.3 Å². The Hall–Kier alpha value is -3.41. The van der Waals surface area contributed by atoms with Crippen LogP contribution in [-0.2, 0) is 9.59 Å². The summed E-state index contributed by atoms with van der Waals surface area (Å²) in [6.07, 6.45) is 1.67. The van der Waals surface area contributed by atoms with E-state index in [4.69, 9.17) is 4.74 Å². The second-order valence-corrected chi connectivity index (χ2v) is 6.21. The van der Waals surface area contributed by atoms with Crippen molar-refractivity contribution in [2.24, 2.45) is 0 Å². The lowest BCUT2D eigenvalue weighted by Gasteiger charge is -2.22. The van der Waals surface area contributed by atoms with Crippen molar-refractivity contribution >= 4 is 34.1 Å². The third-order valence-electron chi connectivity index (χ3n) is 4.21. The summed E-state index contributed by atoms with van der Waals surface area (Å²) in [5, 5.41) is 3.73. The van der Waals surface area contributed by atoms with Gasteiger partial charge in [-0.3, -0.25) is 14.6 Å². The number of carbonyl (C=O) groups is 2. The molecule has 0 aliphatic carbocycles. The third kappa shape index (κ3) is 4.06. The molecule has 1 aromatic heterocycles. The van der Waals surface area contributed by atoms with Crippen LogP contribution >= 0.6 is 0 Å². The van der Waals surface area contributed by atoms with Gasteiger partial charge in [0.05, 0.1) is 24.0 Å².